The summed E-state index contributed by atoms with van der Waals surface area (Å²) in [7, 11) is 1.68. The fraction of sp³-hybridized carbons (Fsp3) is 0.576. The SMILES string of the molecule is COc1ccc(CN2CCC3(CCN(CC4CN(C(=O)C5CCCC5)CC4c4ccccc4)CC3)C2=O)cc1.Cl. The van der Waals surface area contributed by atoms with Crippen LogP contribution in [0.4, 0.5) is 0 Å². The van der Waals surface area contributed by atoms with Crippen LogP contribution in [0.2, 0.25) is 0 Å². The number of halogens is 1. The molecule has 40 heavy (non-hydrogen) atoms. The number of carbonyl (C=O) groups is 2. The molecule has 0 aromatic heterocycles. The standard InChI is InChI=1S/C33H43N3O3.ClH/c1-39-29-13-11-25(12-14-29)21-35-20-17-33(32(35)38)15-18-34(19-16-33)22-28-23-36(31(37)27-9-5-6-10-27)24-30(28)26-7-3-2-4-8-26;/h2-4,7-8,11-14,27-28,30H,5-6,9-10,15-24H2,1H3;1H. The highest BCUT2D eigenvalue weighted by Gasteiger charge is 2.48. The highest BCUT2D eigenvalue weighted by atomic mass is 35.5. The lowest BCUT2D eigenvalue weighted by atomic mass is 9.76. The van der Waals surface area contributed by atoms with E-state index in [0.717, 1.165) is 82.7 Å². The van der Waals surface area contributed by atoms with Gasteiger partial charge in [0.2, 0.25) is 11.8 Å². The maximum atomic E-state index is 13.6. The van der Waals surface area contributed by atoms with Crippen LogP contribution >= 0.6 is 12.4 Å². The molecule has 216 valence electrons. The van der Waals surface area contributed by atoms with Gasteiger partial charge in [-0.2, -0.15) is 0 Å². The molecule has 1 saturated carbocycles. The zero-order valence-corrected chi connectivity index (χ0v) is 24.6. The van der Waals surface area contributed by atoms with Gasteiger partial charge in [-0.25, -0.2) is 0 Å². The van der Waals surface area contributed by atoms with Crippen LogP contribution in [0.1, 0.15) is 62.0 Å². The Morgan fingerprint density at radius 2 is 1.60 bits per heavy atom. The molecule has 6 rings (SSSR count). The Bertz CT molecular complexity index is 1140. The second-order valence-corrected chi connectivity index (χ2v) is 12.4. The number of ether oxygens (including phenoxy) is 1. The van der Waals surface area contributed by atoms with E-state index in [1.165, 1.54) is 18.4 Å². The average molecular weight is 566 g/mol. The first-order chi connectivity index (χ1) is 19.0. The zero-order valence-electron chi connectivity index (χ0n) is 23.8. The second kappa shape index (κ2) is 12.5. The lowest BCUT2D eigenvalue weighted by Crippen LogP contribution is -2.46. The number of nitrogens with zero attached hydrogens (tertiary/aromatic N) is 3. The van der Waals surface area contributed by atoms with E-state index in [-0.39, 0.29) is 23.7 Å². The minimum absolute atomic E-state index is 0. The van der Waals surface area contributed by atoms with Crippen molar-refractivity contribution in [1.82, 2.24) is 14.7 Å². The van der Waals surface area contributed by atoms with Crippen LogP contribution in [-0.4, -0.2) is 72.9 Å². The number of amides is 2. The lowest BCUT2D eigenvalue weighted by molar-refractivity contribution is -0.139. The van der Waals surface area contributed by atoms with Crippen molar-refractivity contribution in [2.45, 2.75) is 57.4 Å². The first-order valence-corrected chi connectivity index (χ1v) is 15.0. The molecule has 2 aromatic rings. The van der Waals surface area contributed by atoms with Crippen molar-refractivity contribution in [1.29, 1.82) is 0 Å². The fourth-order valence-electron chi connectivity index (χ4n) is 7.70. The van der Waals surface area contributed by atoms with Crippen molar-refractivity contribution < 1.29 is 14.3 Å². The van der Waals surface area contributed by atoms with Crippen LogP contribution in [-0.2, 0) is 16.1 Å². The molecule has 7 heteroatoms. The van der Waals surface area contributed by atoms with Crippen molar-refractivity contribution >= 4 is 24.2 Å². The number of piperidine rings is 1. The van der Waals surface area contributed by atoms with Crippen molar-refractivity contribution in [2.75, 3.05) is 46.4 Å². The molecule has 0 bridgehead atoms. The number of carbonyl (C=O) groups excluding carboxylic acids is 2. The number of benzene rings is 2. The summed E-state index contributed by atoms with van der Waals surface area (Å²) in [6.45, 7) is 6.19. The van der Waals surface area contributed by atoms with E-state index in [2.05, 4.69) is 57.2 Å². The van der Waals surface area contributed by atoms with Crippen molar-refractivity contribution in [3.05, 3.63) is 65.7 Å². The minimum atomic E-state index is -0.193. The Morgan fingerprint density at radius 1 is 0.925 bits per heavy atom. The average Bonchev–Trinajstić information content (AvgIpc) is 3.73. The van der Waals surface area contributed by atoms with Gasteiger partial charge in [0.1, 0.15) is 5.75 Å². The molecule has 6 nitrogen and oxygen atoms in total. The molecular weight excluding hydrogens is 522 g/mol. The maximum Gasteiger partial charge on any atom is 0.229 e. The van der Waals surface area contributed by atoms with E-state index < -0.39 is 0 Å². The third kappa shape index (κ3) is 5.89. The van der Waals surface area contributed by atoms with Crippen LogP contribution in [0.5, 0.6) is 5.75 Å². The number of rotatable bonds is 7. The minimum Gasteiger partial charge on any atom is -0.497 e. The summed E-state index contributed by atoms with van der Waals surface area (Å²) in [5.41, 5.74) is 2.32. The van der Waals surface area contributed by atoms with E-state index in [1.807, 2.05) is 12.1 Å². The van der Waals surface area contributed by atoms with Gasteiger partial charge in [-0.05, 0) is 74.4 Å². The number of hydrogen-bond acceptors (Lipinski definition) is 4. The smallest absolute Gasteiger partial charge is 0.229 e. The molecular formula is C33H44ClN3O3. The number of likely N-dealkylation sites (tertiary alicyclic amines) is 3. The molecule has 0 N–H and O–H groups in total. The molecule has 3 aliphatic heterocycles. The molecule has 3 saturated heterocycles. The molecule has 4 fully saturated rings. The number of hydrogen-bond donors (Lipinski definition) is 0. The van der Waals surface area contributed by atoms with Gasteiger partial charge in [-0.3, -0.25) is 9.59 Å². The summed E-state index contributed by atoms with van der Waals surface area (Å²) in [5.74, 6) is 2.65. The van der Waals surface area contributed by atoms with Gasteiger partial charge in [-0.15, -0.1) is 12.4 Å². The zero-order chi connectivity index (χ0) is 26.8. The topological polar surface area (TPSA) is 53.1 Å². The molecule has 2 unspecified atom stereocenters. The van der Waals surface area contributed by atoms with E-state index >= 15 is 0 Å². The van der Waals surface area contributed by atoms with Crippen LogP contribution < -0.4 is 4.74 Å². The summed E-state index contributed by atoms with van der Waals surface area (Å²) in [6, 6.07) is 18.9. The molecule has 3 heterocycles. The molecule has 1 aliphatic carbocycles. The quantitative estimate of drug-likeness (QED) is 0.453. The van der Waals surface area contributed by atoms with E-state index in [1.54, 1.807) is 7.11 Å². The Labute approximate surface area is 245 Å². The monoisotopic (exact) mass is 565 g/mol. The molecule has 2 atom stereocenters. The predicted octanol–water partition coefficient (Wildman–Crippen LogP) is 5.36. The molecule has 4 aliphatic rings. The van der Waals surface area contributed by atoms with E-state index in [0.29, 0.717) is 30.2 Å². The molecule has 0 radical (unpaired) electrons. The Balaban J connectivity index is 0.00000323. The predicted molar refractivity (Wildman–Crippen MR) is 160 cm³/mol. The van der Waals surface area contributed by atoms with E-state index in [4.69, 9.17) is 4.74 Å². The summed E-state index contributed by atoms with van der Waals surface area (Å²) in [5, 5.41) is 0. The highest BCUT2D eigenvalue weighted by molar-refractivity contribution is 5.85. The van der Waals surface area contributed by atoms with Crippen LogP contribution in [0.15, 0.2) is 54.6 Å². The Hall–Kier alpha value is -2.57. The Morgan fingerprint density at radius 3 is 2.27 bits per heavy atom. The molecule has 1 spiro atoms. The summed E-state index contributed by atoms with van der Waals surface area (Å²) >= 11 is 0. The van der Waals surface area contributed by atoms with Crippen LogP contribution in [0.3, 0.4) is 0 Å². The van der Waals surface area contributed by atoms with Gasteiger partial charge in [0.25, 0.3) is 0 Å². The third-order valence-corrected chi connectivity index (χ3v) is 10.1. The first-order valence-electron chi connectivity index (χ1n) is 15.0. The molecule has 2 amide bonds. The fourth-order valence-corrected chi connectivity index (χ4v) is 7.70. The lowest BCUT2D eigenvalue weighted by Gasteiger charge is -2.39. The van der Waals surface area contributed by atoms with E-state index in [9.17, 15) is 9.59 Å². The van der Waals surface area contributed by atoms with Gasteiger partial charge in [-0.1, -0.05) is 55.3 Å². The summed E-state index contributed by atoms with van der Waals surface area (Å²) in [6.07, 6.45) is 7.37. The van der Waals surface area contributed by atoms with Crippen LogP contribution in [0, 0.1) is 17.3 Å². The summed E-state index contributed by atoms with van der Waals surface area (Å²) < 4.78 is 5.28. The second-order valence-electron chi connectivity index (χ2n) is 12.4. The number of methoxy groups -OCH3 is 1. The third-order valence-electron chi connectivity index (χ3n) is 10.1. The van der Waals surface area contributed by atoms with Crippen molar-refractivity contribution in [3.8, 4) is 5.75 Å². The first kappa shape index (κ1) is 28.9. The van der Waals surface area contributed by atoms with Crippen molar-refractivity contribution in [2.24, 2.45) is 17.3 Å². The normalized spacial score (nSPS) is 25.0. The van der Waals surface area contributed by atoms with Gasteiger partial charge in [0, 0.05) is 44.6 Å². The van der Waals surface area contributed by atoms with Gasteiger partial charge >= 0.3 is 0 Å². The summed E-state index contributed by atoms with van der Waals surface area (Å²) in [4.78, 5) is 33.7. The maximum absolute atomic E-state index is 13.6. The van der Waals surface area contributed by atoms with Gasteiger partial charge < -0.3 is 19.4 Å². The largest absolute Gasteiger partial charge is 0.497 e. The molecule has 2 aromatic carbocycles. The van der Waals surface area contributed by atoms with Gasteiger partial charge in [0.05, 0.1) is 12.5 Å². The van der Waals surface area contributed by atoms with Crippen molar-refractivity contribution in [3.63, 3.8) is 0 Å². The van der Waals surface area contributed by atoms with Gasteiger partial charge in [0.15, 0.2) is 0 Å². The highest BCUT2D eigenvalue weighted by Crippen LogP contribution is 2.43. The van der Waals surface area contributed by atoms with Crippen LogP contribution in [0.25, 0.3) is 0 Å². The Kier molecular flexibility index (Phi) is 9.06.